The van der Waals surface area contributed by atoms with Crippen molar-refractivity contribution in [2.45, 2.75) is 0 Å². The Balaban J connectivity index is 1.90. The predicted molar refractivity (Wildman–Crippen MR) is 83.9 cm³/mol. The van der Waals surface area contributed by atoms with Gasteiger partial charge in [0, 0.05) is 10.9 Å². The molecule has 0 saturated heterocycles. The van der Waals surface area contributed by atoms with Crippen LogP contribution in [0.25, 0.3) is 10.2 Å². The Labute approximate surface area is 130 Å². The summed E-state index contributed by atoms with van der Waals surface area (Å²) in [5.41, 5.74) is 0.977. The summed E-state index contributed by atoms with van der Waals surface area (Å²) in [5, 5.41) is 0.822. The van der Waals surface area contributed by atoms with E-state index in [0.29, 0.717) is 21.9 Å². The van der Waals surface area contributed by atoms with E-state index >= 15 is 0 Å². The summed E-state index contributed by atoms with van der Waals surface area (Å²) in [5.74, 6) is 0.223. The highest BCUT2D eigenvalue weighted by Crippen LogP contribution is 2.28. The van der Waals surface area contributed by atoms with E-state index in [2.05, 4.69) is 9.72 Å². The van der Waals surface area contributed by atoms with Gasteiger partial charge in [0.25, 0.3) is 0 Å². The Kier molecular flexibility index (Phi) is 3.68. The zero-order valence-corrected chi connectivity index (χ0v) is 12.8. The third-order valence-electron chi connectivity index (χ3n) is 3.29. The SMILES string of the molecule is COC(=O)c1cc2cc(C(=O)c3ccc(OC)cc3)sc2[nH]1. The molecule has 22 heavy (non-hydrogen) atoms. The molecule has 0 amide bonds. The zero-order chi connectivity index (χ0) is 15.7. The van der Waals surface area contributed by atoms with Crippen LogP contribution in [0.1, 0.15) is 25.7 Å². The summed E-state index contributed by atoms with van der Waals surface area (Å²) in [6, 6.07) is 10.4. The van der Waals surface area contributed by atoms with Crippen molar-refractivity contribution in [3.8, 4) is 5.75 Å². The van der Waals surface area contributed by atoms with Crippen LogP contribution in [-0.2, 0) is 4.74 Å². The number of aromatic amines is 1. The molecule has 0 spiro atoms. The molecule has 1 aromatic carbocycles. The number of thiophene rings is 1. The highest BCUT2D eigenvalue weighted by atomic mass is 32.1. The van der Waals surface area contributed by atoms with E-state index in [1.165, 1.54) is 18.4 Å². The molecule has 0 aliphatic heterocycles. The van der Waals surface area contributed by atoms with Crippen molar-refractivity contribution >= 4 is 33.3 Å². The maximum Gasteiger partial charge on any atom is 0.354 e. The van der Waals surface area contributed by atoms with Crippen molar-refractivity contribution in [1.29, 1.82) is 0 Å². The molecule has 0 bridgehead atoms. The van der Waals surface area contributed by atoms with Gasteiger partial charge in [0.15, 0.2) is 0 Å². The molecule has 0 atom stereocenters. The van der Waals surface area contributed by atoms with Crippen molar-refractivity contribution in [3.63, 3.8) is 0 Å². The van der Waals surface area contributed by atoms with Crippen LogP contribution in [0.2, 0.25) is 0 Å². The number of esters is 1. The Hall–Kier alpha value is -2.60. The molecule has 112 valence electrons. The number of aromatic nitrogens is 1. The first-order valence-corrected chi connectivity index (χ1v) is 7.33. The summed E-state index contributed by atoms with van der Waals surface area (Å²) in [6.45, 7) is 0. The molecule has 0 aliphatic rings. The molecule has 0 saturated carbocycles. The summed E-state index contributed by atoms with van der Waals surface area (Å²) < 4.78 is 9.74. The van der Waals surface area contributed by atoms with Gasteiger partial charge in [-0.1, -0.05) is 0 Å². The van der Waals surface area contributed by atoms with Crippen LogP contribution in [0, 0.1) is 0 Å². The van der Waals surface area contributed by atoms with Crippen LogP contribution in [0.15, 0.2) is 36.4 Å². The molecule has 6 heteroatoms. The quantitative estimate of drug-likeness (QED) is 0.593. The number of hydrogen-bond donors (Lipinski definition) is 1. The molecule has 5 nitrogen and oxygen atoms in total. The minimum atomic E-state index is -0.425. The van der Waals surface area contributed by atoms with Crippen LogP contribution in [0.4, 0.5) is 0 Å². The molecular formula is C16H13NO4S. The van der Waals surface area contributed by atoms with Gasteiger partial charge >= 0.3 is 5.97 Å². The Morgan fingerprint density at radius 2 is 1.82 bits per heavy atom. The summed E-state index contributed by atoms with van der Waals surface area (Å²) in [4.78, 5) is 28.3. The van der Waals surface area contributed by atoms with Gasteiger partial charge < -0.3 is 14.5 Å². The summed E-state index contributed by atoms with van der Waals surface area (Å²) in [6.07, 6.45) is 0. The van der Waals surface area contributed by atoms with Crippen LogP contribution in [0.5, 0.6) is 5.75 Å². The number of H-pyrrole nitrogens is 1. The van der Waals surface area contributed by atoms with E-state index in [9.17, 15) is 9.59 Å². The van der Waals surface area contributed by atoms with E-state index in [-0.39, 0.29) is 5.78 Å². The average Bonchev–Trinajstić information content (AvgIpc) is 3.12. The van der Waals surface area contributed by atoms with Gasteiger partial charge in [0.05, 0.1) is 19.1 Å². The molecule has 0 unspecified atom stereocenters. The van der Waals surface area contributed by atoms with Gasteiger partial charge in [0.2, 0.25) is 5.78 Å². The van der Waals surface area contributed by atoms with Gasteiger partial charge in [-0.2, -0.15) is 0 Å². The maximum absolute atomic E-state index is 12.5. The Morgan fingerprint density at radius 1 is 1.09 bits per heavy atom. The third kappa shape index (κ3) is 2.48. The van der Waals surface area contributed by atoms with Crippen molar-refractivity contribution in [3.05, 3.63) is 52.5 Å². The number of fused-ring (bicyclic) bond motifs is 1. The lowest BCUT2D eigenvalue weighted by molar-refractivity contribution is 0.0595. The maximum atomic E-state index is 12.5. The number of benzene rings is 1. The Morgan fingerprint density at radius 3 is 2.41 bits per heavy atom. The number of ether oxygens (including phenoxy) is 2. The fourth-order valence-corrected chi connectivity index (χ4v) is 3.15. The number of carbonyl (C=O) groups is 2. The monoisotopic (exact) mass is 315 g/mol. The van der Waals surface area contributed by atoms with Gasteiger partial charge in [0.1, 0.15) is 16.3 Å². The van der Waals surface area contributed by atoms with Crippen LogP contribution >= 0.6 is 11.3 Å². The van der Waals surface area contributed by atoms with E-state index in [1.807, 2.05) is 0 Å². The van der Waals surface area contributed by atoms with Crippen molar-refractivity contribution in [1.82, 2.24) is 4.98 Å². The fourth-order valence-electron chi connectivity index (χ4n) is 2.14. The van der Waals surface area contributed by atoms with E-state index in [4.69, 9.17) is 4.74 Å². The molecular weight excluding hydrogens is 302 g/mol. The van der Waals surface area contributed by atoms with Crippen molar-refractivity contribution in [2.24, 2.45) is 0 Å². The first kappa shape index (κ1) is 14.3. The van der Waals surface area contributed by atoms with E-state index in [1.54, 1.807) is 43.5 Å². The van der Waals surface area contributed by atoms with Crippen LogP contribution in [-0.4, -0.2) is 31.0 Å². The van der Waals surface area contributed by atoms with Gasteiger partial charge in [-0.3, -0.25) is 4.79 Å². The second kappa shape index (κ2) is 5.65. The minimum absolute atomic E-state index is 0.0585. The second-order valence-corrected chi connectivity index (χ2v) is 5.68. The number of carbonyl (C=O) groups excluding carboxylic acids is 2. The van der Waals surface area contributed by atoms with Gasteiger partial charge in [-0.15, -0.1) is 11.3 Å². The topological polar surface area (TPSA) is 68.4 Å². The molecule has 2 heterocycles. The van der Waals surface area contributed by atoms with Crippen LogP contribution in [0.3, 0.4) is 0 Å². The number of rotatable bonds is 4. The molecule has 3 aromatic rings. The number of nitrogens with one attached hydrogen (secondary N) is 1. The first-order chi connectivity index (χ1) is 10.6. The highest BCUT2D eigenvalue weighted by Gasteiger charge is 2.16. The first-order valence-electron chi connectivity index (χ1n) is 6.52. The molecule has 2 aromatic heterocycles. The molecule has 0 radical (unpaired) electrons. The van der Waals surface area contributed by atoms with Crippen molar-refractivity contribution in [2.75, 3.05) is 14.2 Å². The van der Waals surface area contributed by atoms with Gasteiger partial charge in [-0.25, -0.2) is 4.79 Å². The fraction of sp³-hybridized carbons (Fsp3) is 0.125. The Bertz CT molecular complexity index is 813. The standard InChI is InChI=1S/C16H13NO4S/c1-20-11-5-3-9(4-6-11)14(18)13-8-10-7-12(16(19)21-2)17-15(10)22-13/h3-8,17H,1-2H3. The average molecular weight is 315 g/mol. The van der Waals surface area contributed by atoms with E-state index in [0.717, 1.165) is 10.2 Å². The normalized spacial score (nSPS) is 10.6. The number of hydrogen-bond acceptors (Lipinski definition) is 5. The smallest absolute Gasteiger partial charge is 0.354 e. The molecule has 0 aliphatic carbocycles. The lowest BCUT2D eigenvalue weighted by Crippen LogP contribution is -2.01. The lowest BCUT2D eigenvalue weighted by Gasteiger charge is -2.01. The largest absolute Gasteiger partial charge is 0.497 e. The lowest BCUT2D eigenvalue weighted by atomic mass is 10.1. The van der Waals surface area contributed by atoms with E-state index < -0.39 is 5.97 Å². The summed E-state index contributed by atoms with van der Waals surface area (Å²) in [7, 11) is 2.91. The third-order valence-corrected chi connectivity index (χ3v) is 4.36. The molecule has 3 rings (SSSR count). The highest BCUT2D eigenvalue weighted by molar-refractivity contribution is 7.20. The van der Waals surface area contributed by atoms with Crippen LogP contribution < -0.4 is 4.74 Å². The summed E-state index contributed by atoms with van der Waals surface area (Å²) >= 11 is 1.31. The number of ketones is 1. The predicted octanol–water partition coefficient (Wildman–Crippen LogP) is 3.26. The second-order valence-electron chi connectivity index (χ2n) is 4.63. The molecule has 1 N–H and O–H groups in total. The van der Waals surface area contributed by atoms with Gasteiger partial charge in [-0.05, 0) is 36.4 Å². The minimum Gasteiger partial charge on any atom is -0.497 e. The molecule has 0 fully saturated rings. The zero-order valence-electron chi connectivity index (χ0n) is 12.0. The number of methoxy groups -OCH3 is 2. The van der Waals surface area contributed by atoms with Crippen molar-refractivity contribution < 1.29 is 19.1 Å².